The quantitative estimate of drug-likeness (QED) is 0.160. The fourth-order valence-corrected chi connectivity index (χ4v) is 13.1. The Hall–Kier alpha value is -10.9. The molecule has 12 aromatic carbocycles. The van der Waals surface area contributed by atoms with E-state index < -0.39 is 0 Å². The van der Waals surface area contributed by atoms with E-state index >= 15 is 0 Å². The SMILES string of the molecule is c1ccc(-c2nc(-c3ccc(-n4c5ccccc5c5c6c(c7ccccc7n6-c6ccccc6)c6c(c7ccccc7n6-c6ccccc6)c54)cc3-n3c4ccccc4c4ccccc43)nc(-c3cccc4ccccc34)n2)cc1. The van der Waals surface area contributed by atoms with E-state index in [2.05, 4.69) is 273 Å². The van der Waals surface area contributed by atoms with Gasteiger partial charge >= 0.3 is 0 Å². The minimum Gasteiger partial charge on any atom is -0.308 e. The minimum absolute atomic E-state index is 0.579. The van der Waals surface area contributed by atoms with Crippen LogP contribution in [0.1, 0.15) is 0 Å². The van der Waals surface area contributed by atoms with Crippen molar-refractivity contribution in [1.29, 1.82) is 0 Å². The molecular formula is C73H45N7. The summed E-state index contributed by atoms with van der Waals surface area (Å²) in [4.78, 5) is 16.3. The molecule has 372 valence electrons. The van der Waals surface area contributed by atoms with Gasteiger partial charge in [0.1, 0.15) is 0 Å². The predicted molar refractivity (Wildman–Crippen MR) is 331 cm³/mol. The lowest BCUT2D eigenvalue weighted by Crippen LogP contribution is -2.05. The molecular weight excluding hydrogens is 975 g/mol. The highest BCUT2D eigenvalue weighted by Crippen LogP contribution is 2.51. The Balaban J connectivity index is 1.06. The minimum atomic E-state index is 0.579. The number of para-hydroxylation sites is 7. The number of rotatable bonds is 7. The number of hydrogen-bond acceptors (Lipinski definition) is 3. The third-order valence-electron chi connectivity index (χ3n) is 16.4. The molecule has 0 bridgehead atoms. The number of nitrogens with zero attached hydrogens (tertiary/aromatic N) is 7. The third-order valence-corrected chi connectivity index (χ3v) is 16.4. The first-order valence-corrected chi connectivity index (χ1v) is 27.2. The van der Waals surface area contributed by atoms with Gasteiger partial charge in [-0.2, -0.15) is 0 Å². The second kappa shape index (κ2) is 17.3. The molecule has 0 spiro atoms. The van der Waals surface area contributed by atoms with Crippen LogP contribution in [0, 0.1) is 0 Å². The van der Waals surface area contributed by atoms with Crippen molar-refractivity contribution < 1.29 is 0 Å². The standard InChI is InChI=1S/C73H45N7/c1-4-24-47(25-5-1)71-74-72(54-37-22-26-46-23-10-11-31-51(46)54)76-73(75-71)58-44-43-50(45-64(58)80-59-38-17-12-32-52(59)53-33-13-18-39-60(53)80)79-63-42-21-16-36-57(63)67-69-65(55-34-14-19-40-61(55)77(69)48-27-6-2-7-28-48)68-66(70(67)79)56-35-15-20-41-62(56)78(68)49-29-8-3-9-30-49/h1-45H. The maximum atomic E-state index is 5.52. The van der Waals surface area contributed by atoms with Crippen molar-refractivity contribution in [1.82, 2.24) is 33.2 Å². The Morgan fingerprint density at radius 3 is 1.12 bits per heavy atom. The number of fused-ring (bicyclic) bond motifs is 16. The Bertz CT molecular complexity index is 5230. The van der Waals surface area contributed by atoms with Crippen LogP contribution in [0.3, 0.4) is 0 Å². The van der Waals surface area contributed by atoms with Crippen LogP contribution in [0.4, 0.5) is 0 Å². The van der Waals surface area contributed by atoms with Crippen molar-refractivity contribution in [2.75, 3.05) is 0 Å². The van der Waals surface area contributed by atoms with Crippen LogP contribution in [0.2, 0.25) is 0 Å². The average molecular weight is 1020 g/mol. The maximum Gasteiger partial charge on any atom is 0.166 e. The van der Waals surface area contributed by atoms with E-state index in [1.807, 2.05) is 18.2 Å². The first kappa shape index (κ1) is 44.3. The molecule has 0 saturated carbocycles. The summed E-state index contributed by atoms with van der Waals surface area (Å²) in [7, 11) is 0. The summed E-state index contributed by atoms with van der Waals surface area (Å²) in [6.07, 6.45) is 0. The van der Waals surface area contributed by atoms with Gasteiger partial charge in [0.25, 0.3) is 0 Å². The molecule has 80 heavy (non-hydrogen) atoms. The number of hydrogen-bond donors (Lipinski definition) is 0. The summed E-state index contributed by atoms with van der Waals surface area (Å²) in [5.41, 5.74) is 15.9. The molecule has 0 saturated heterocycles. The van der Waals surface area contributed by atoms with Crippen LogP contribution < -0.4 is 0 Å². The lowest BCUT2D eigenvalue weighted by Gasteiger charge is -2.18. The second-order valence-corrected chi connectivity index (χ2v) is 20.7. The highest BCUT2D eigenvalue weighted by molar-refractivity contribution is 6.40. The summed E-state index contributed by atoms with van der Waals surface area (Å²) in [6.45, 7) is 0. The van der Waals surface area contributed by atoms with Crippen molar-refractivity contribution >= 4 is 98.0 Å². The van der Waals surface area contributed by atoms with Crippen molar-refractivity contribution in [3.8, 4) is 56.9 Å². The molecule has 0 amide bonds. The maximum absolute atomic E-state index is 5.52. The Morgan fingerprint density at radius 2 is 0.613 bits per heavy atom. The fraction of sp³-hybridized carbons (Fsp3) is 0. The summed E-state index contributed by atoms with van der Waals surface area (Å²) in [6, 6.07) is 98.1. The zero-order chi connectivity index (χ0) is 52.4. The van der Waals surface area contributed by atoms with Gasteiger partial charge in [0.2, 0.25) is 0 Å². The van der Waals surface area contributed by atoms with Crippen LogP contribution in [0.25, 0.3) is 155 Å². The summed E-state index contributed by atoms with van der Waals surface area (Å²) in [5.74, 6) is 1.79. The zero-order valence-corrected chi connectivity index (χ0v) is 43.1. The predicted octanol–water partition coefficient (Wildman–Crippen LogP) is 18.4. The number of benzene rings is 12. The van der Waals surface area contributed by atoms with Gasteiger partial charge in [0, 0.05) is 76.8 Å². The smallest absolute Gasteiger partial charge is 0.166 e. The Kier molecular flexibility index (Phi) is 9.58. The molecule has 17 aromatic rings. The lowest BCUT2D eigenvalue weighted by atomic mass is 10.0. The average Bonchev–Trinajstić information content (AvgIpc) is 3.07. The van der Waals surface area contributed by atoms with Crippen LogP contribution in [0.15, 0.2) is 273 Å². The van der Waals surface area contributed by atoms with Gasteiger partial charge in [-0.15, -0.1) is 0 Å². The van der Waals surface area contributed by atoms with E-state index in [9.17, 15) is 0 Å². The highest BCUT2D eigenvalue weighted by atomic mass is 15.1. The normalized spacial score (nSPS) is 12.0. The molecule has 0 aliphatic heterocycles. The molecule has 17 rings (SSSR count). The monoisotopic (exact) mass is 1020 g/mol. The van der Waals surface area contributed by atoms with E-state index in [4.69, 9.17) is 15.0 Å². The molecule has 0 unspecified atom stereocenters. The first-order valence-electron chi connectivity index (χ1n) is 27.2. The van der Waals surface area contributed by atoms with Gasteiger partial charge in [-0.1, -0.05) is 200 Å². The van der Waals surface area contributed by atoms with Crippen molar-refractivity contribution in [2.45, 2.75) is 0 Å². The summed E-state index contributed by atoms with van der Waals surface area (Å²) < 4.78 is 9.96. The number of aromatic nitrogens is 7. The van der Waals surface area contributed by atoms with E-state index in [1.54, 1.807) is 0 Å². The molecule has 0 aliphatic rings. The molecule has 0 aliphatic carbocycles. The van der Waals surface area contributed by atoms with E-state index in [1.165, 1.54) is 37.7 Å². The molecule has 0 N–H and O–H groups in total. The van der Waals surface area contributed by atoms with Gasteiger partial charge in [0.05, 0.1) is 49.8 Å². The van der Waals surface area contributed by atoms with Crippen molar-refractivity contribution in [3.63, 3.8) is 0 Å². The van der Waals surface area contributed by atoms with Crippen molar-refractivity contribution in [2.24, 2.45) is 0 Å². The van der Waals surface area contributed by atoms with E-state index in [0.717, 1.165) is 99.7 Å². The van der Waals surface area contributed by atoms with Gasteiger partial charge < -0.3 is 18.3 Å². The van der Waals surface area contributed by atoms with E-state index in [0.29, 0.717) is 17.5 Å². The zero-order valence-electron chi connectivity index (χ0n) is 43.1. The van der Waals surface area contributed by atoms with Crippen LogP contribution in [-0.4, -0.2) is 33.2 Å². The molecule has 0 atom stereocenters. The molecule has 0 fully saturated rings. The second-order valence-electron chi connectivity index (χ2n) is 20.7. The van der Waals surface area contributed by atoms with Crippen LogP contribution >= 0.6 is 0 Å². The molecule has 7 nitrogen and oxygen atoms in total. The summed E-state index contributed by atoms with van der Waals surface area (Å²) in [5, 5.41) is 11.7. The van der Waals surface area contributed by atoms with Crippen LogP contribution in [0.5, 0.6) is 0 Å². The molecule has 5 aromatic heterocycles. The lowest BCUT2D eigenvalue weighted by molar-refractivity contribution is 1.06. The molecule has 5 heterocycles. The van der Waals surface area contributed by atoms with Crippen molar-refractivity contribution in [3.05, 3.63) is 273 Å². The van der Waals surface area contributed by atoms with Gasteiger partial charge in [-0.05, 0) is 83.6 Å². The van der Waals surface area contributed by atoms with Gasteiger partial charge in [-0.25, -0.2) is 15.0 Å². The van der Waals surface area contributed by atoms with E-state index in [-0.39, 0.29) is 0 Å². The van der Waals surface area contributed by atoms with Crippen LogP contribution in [-0.2, 0) is 0 Å². The first-order chi connectivity index (χ1) is 39.7. The van der Waals surface area contributed by atoms with Gasteiger partial charge in [0.15, 0.2) is 17.5 Å². The molecule has 7 heteroatoms. The molecule has 0 radical (unpaired) electrons. The highest BCUT2D eigenvalue weighted by Gasteiger charge is 2.30. The van der Waals surface area contributed by atoms with Gasteiger partial charge in [-0.3, -0.25) is 0 Å². The Labute approximate surface area is 458 Å². The summed E-state index contributed by atoms with van der Waals surface area (Å²) >= 11 is 0. The third kappa shape index (κ3) is 6.40. The largest absolute Gasteiger partial charge is 0.308 e. The topological polar surface area (TPSA) is 58.4 Å². The fourth-order valence-electron chi connectivity index (χ4n) is 13.1. The Morgan fingerprint density at radius 1 is 0.237 bits per heavy atom.